The number of aliphatic hydroxyl groups is 1. The molecule has 6 aromatic rings. The van der Waals surface area contributed by atoms with E-state index in [9.17, 15) is 18.3 Å². The maximum atomic E-state index is 13.7. The van der Waals surface area contributed by atoms with E-state index in [1.807, 2.05) is 97.9 Å². The third kappa shape index (κ3) is 11.4. The summed E-state index contributed by atoms with van der Waals surface area (Å²) in [5.41, 5.74) is 7.73. The van der Waals surface area contributed by atoms with Crippen molar-refractivity contribution in [2.24, 2.45) is 5.92 Å². The summed E-state index contributed by atoms with van der Waals surface area (Å²) < 4.78 is 43.1. The molecule has 7 rings (SSSR count). The lowest BCUT2D eigenvalue weighted by Gasteiger charge is -2.43. The lowest BCUT2D eigenvalue weighted by Crippen LogP contribution is -2.47. The van der Waals surface area contributed by atoms with Crippen LogP contribution in [0.25, 0.3) is 0 Å². The monoisotopic (exact) mass is 823 g/mol. The number of benzene rings is 6. The van der Waals surface area contributed by atoms with Crippen molar-refractivity contribution in [1.82, 2.24) is 14.9 Å². The second-order valence-electron chi connectivity index (χ2n) is 15.6. The molecule has 0 aromatic heterocycles. The van der Waals surface area contributed by atoms with Gasteiger partial charge >= 0.3 is 0 Å². The van der Waals surface area contributed by atoms with Crippen molar-refractivity contribution in [3.63, 3.8) is 0 Å². The normalized spacial score (nSPS) is 18.5. The number of sulfonamides is 1. The maximum absolute atomic E-state index is 13.7. The summed E-state index contributed by atoms with van der Waals surface area (Å²) in [6.45, 7) is 6.39. The van der Waals surface area contributed by atoms with Crippen molar-refractivity contribution < 1.29 is 27.8 Å². The smallest absolute Gasteiger partial charge is 0.241 e. The maximum Gasteiger partial charge on any atom is 0.241 e. The predicted octanol–water partition coefficient (Wildman–Crippen LogP) is 8.19. The molecule has 3 N–H and O–H groups in total. The zero-order valence-electron chi connectivity index (χ0n) is 34.1. The largest absolute Gasteiger partial charge is 0.392 e. The van der Waals surface area contributed by atoms with Crippen molar-refractivity contribution >= 4 is 15.9 Å². The van der Waals surface area contributed by atoms with Gasteiger partial charge in [0.05, 0.1) is 23.7 Å². The Morgan fingerprint density at radius 3 is 1.77 bits per heavy atom. The van der Waals surface area contributed by atoms with Crippen molar-refractivity contribution in [3.8, 4) is 0 Å². The highest BCUT2D eigenvalue weighted by molar-refractivity contribution is 7.89. The molecule has 60 heavy (non-hydrogen) atoms. The number of ether oxygens (including phenoxy) is 2. The van der Waals surface area contributed by atoms with E-state index >= 15 is 0 Å². The molecule has 0 spiro atoms. The van der Waals surface area contributed by atoms with E-state index in [0.717, 1.165) is 46.5 Å². The van der Waals surface area contributed by atoms with Crippen molar-refractivity contribution in [1.29, 1.82) is 0 Å². The van der Waals surface area contributed by atoms with Crippen LogP contribution < -0.4 is 10.0 Å². The highest BCUT2D eigenvalue weighted by Gasteiger charge is 2.39. The van der Waals surface area contributed by atoms with Gasteiger partial charge in [-0.05, 0) is 58.9 Å². The van der Waals surface area contributed by atoms with Gasteiger partial charge in [-0.25, -0.2) is 8.42 Å². The highest BCUT2D eigenvalue weighted by Crippen LogP contribution is 2.42. The van der Waals surface area contributed by atoms with E-state index in [4.69, 9.17) is 9.47 Å². The zero-order chi connectivity index (χ0) is 41.9. The van der Waals surface area contributed by atoms with E-state index in [1.165, 1.54) is 11.1 Å². The number of carbonyl (C=O) groups excluding carboxylic acids is 1. The molecule has 0 unspecified atom stereocenters. The van der Waals surface area contributed by atoms with Crippen molar-refractivity contribution in [2.45, 2.75) is 75.9 Å². The minimum Gasteiger partial charge on any atom is -0.392 e. The predicted molar refractivity (Wildman–Crippen MR) is 234 cm³/mol. The zero-order valence-corrected chi connectivity index (χ0v) is 34.9. The fraction of sp³-hybridized carbons (Fsp3) is 0.260. The Kier molecular flexibility index (Phi) is 14.4. The molecule has 0 radical (unpaired) electrons. The molecule has 1 heterocycles. The third-order valence-electron chi connectivity index (χ3n) is 11.0. The third-order valence-corrected chi connectivity index (χ3v) is 12.5. The number of aliphatic hydroxyl groups excluding tert-OH is 1. The Bertz CT molecular complexity index is 2320. The molecule has 1 aliphatic heterocycles. The van der Waals surface area contributed by atoms with Gasteiger partial charge in [-0.15, -0.1) is 0 Å². The first-order chi connectivity index (χ1) is 29.1. The van der Waals surface area contributed by atoms with Gasteiger partial charge in [0.1, 0.15) is 6.04 Å². The number of amides is 1. The molecule has 9 nitrogen and oxygen atoms in total. The van der Waals surface area contributed by atoms with Crippen LogP contribution in [0.3, 0.4) is 0 Å². The van der Waals surface area contributed by atoms with E-state index in [0.29, 0.717) is 6.54 Å². The van der Waals surface area contributed by atoms with E-state index in [1.54, 1.807) is 24.3 Å². The fourth-order valence-corrected chi connectivity index (χ4v) is 8.76. The molecule has 5 atom stereocenters. The first kappa shape index (κ1) is 42.7. The Labute approximate surface area is 354 Å². The summed E-state index contributed by atoms with van der Waals surface area (Å²) >= 11 is 0. The standard InChI is InChI=1S/C50H53N3O6S/c1-36-18-28-45(29-19-36)60(56,57)52-46(30-38-12-6-3-7-13-38)49(55)51-31-39-20-26-44(27-21-39)50-58-47(37(2)48(59-50)43-24-22-42(35-54)23-25-43)34-53(32-40-14-8-4-9-15-40)33-41-16-10-5-11-17-41/h3-29,37,46-48,50,52,54H,30-35H2,1-2H3,(H,51,55)/t37-,46-,47+,48+,50+/m1/s1. The van der Waals surface area contributed by atoms with Crippen LogP contribution in [0, 0.1) is 12.8 Å². The Hall–Kier alpha value is -5.46. The molecule has 10 heteroatoms. The van der Waals surface area contributed by atoms with Gasteiger partial charge in [-0.2, -0.15) is 4.72 Å². The van der Waals surface area contributed by atoms with Crippen LogP contribution in [0.2, 0.25) is 0 Å². The van der Waals surface area contributed by atoms with Gasteiger partial charge in [0.25, 0.3) is 0 Å². The van der Waals surface area contributed by atoms with Gasteiger partial charge in [0.2, 0.25) is 15.9 Å². The number of nitrogens with one attached hydrogen (secondary N) is 2. The minimum absolute atomic E-state index is 0.00276. The van der Waals surface area contributed by atoms with Gasteiger partial charge < -0.3 is 19.9 Å². The minimum atomic E-state index is -3.97. The number of carbonyl (C=O) groups is 1. The van der Waals surface area contributed by atoms with Crippen LogP contribution in [-0.4, -0.2) is 43.0 Å². The van der Waals surface area contributed by atoms with Gasteiger partial charge in [-0.3, -0.25) is 9.69 Å². The van der Waals surface area contributed by atoms with Crippen LogP contribution in [0.4, 0.5) is 0 Å². The highest BCUT2D eigenvalue weighted by atomic mass is 32.2. The molecule has 0 saturated carbocycles. The lowest BCUT2D eigenvalue weighted by atomic mass is 9.89. The van der Waals surface area contributed by atoms with Crippen molar-refractivity contribution in [3.05, 3.63) is 208 Å². The number of nitrogens with zero attached hydrogens (tertiary/aromatic N) is 1. The summed E-state index contributed by atoms with van der Waals surface area (Å²) in [5.74, 6) is -0.433. The summed E-state index contributed by atoms with van der Waals surface area (Å²) in [4.78, 5) is 16.2. The number of hydrogen-bond donors (Lipinski definition) is 3. The van der Waals surface area contributed by atoms with Crippen LogP contribution in [0.1, 0.15) is 63.8 Å². The summed E-state index contributed by atoms with van der Waals surface area (Å²) in [7, 11) is -3.97. The molecular weight excluding hydrogens is 771 g/mol. The van der Waals surface area contributed by atoms with Crippen LogP contribution in [0.15, 0.2) is 169 Å². The molecule has 0 bridgehead atoms. The lowest BCUT2D eigenvalue weighted by molar-refractivity contribution is -0.276. The van der Waals surface area contributed by atoms with E-state index in [-0.39, 0.29) is 42.6 Å². The number of hydrogen-bond acceptors (Lipinski definition) is 7. The van der Waals surface area contributed by atoms with Crippen LogP contribution >= 0.6 is 0 Å². The molecule has 310 valence electrons. The summed E-state index contributed by atoms with van der Waals surface area (Å²) in [5, 5.41) is 12.7. The molecule has 1 aliphatic rings. The number of aryl methyl sites for hydroxylation is 1. The number of rotatable bonds is 17. The van der Waals surface area contributed by atoms with Gasteiger partial charge in [0.15, 0.2) is 6.29 Å². The Balaban J connectivity index is 1.08. The molecule has 6 aromatic carbocycles. The fourth-order valence-electron chi connectivity index (χ4n) is 7.57. The molecule has 1 fully saturated rings. The first-order valence-corrected chi connectivity index (χ1v) is 21.9. The second kappa shape index (κ2) is 20.2. The Morgan fingerprint density at radius 1 is 0.667 bits per heavy atom. The van der Waals surface area contributed by atoms with Crippen LogP contribution in [0.5, 0.6) is 0 Å². The van der Waals surface area contributed by atoms with E-state index in [2.05, 4.69) is 70.4 Å². The van der Waals surface area contributed by atoms with Crippen LogP contribution in [-0.2, 0) is 57.0 Å². The summed E-state index contributed by atoms with van der Waals surface area (Å²) in [6.07, 6.45) is -0.951. The average Bonchev–Trinajstić information content (AvgIpc) is 3.27. The summed E-state index contributed by atoms with van der Waals surface area (Å²) in [6, 6.07) is 51.5. The Morgan fingerprint density at radius 2 is 1.20 bits per heavy atom. The molecule has 0 aliphatic carbocycles. The van der Waals surface area contributed by atoms with Crippen molar-refractivity contribution in [2.75, 3.05) is 6.54 Å². The molecule has 1 saturated heterocycles. The second-order valence-corrected chi connectivity index (χ2v) is 17.3. The topological polar surface area (TPSA) is 117 Å². The SMILES string of the molecule is Cc1ccc(S(=O)(=O)N[C@H](Cc2ccccc2)C(=O)NCc2ccc([C@H]3O[C@@H](CN(Cc4ccccc4)Cc4ccccc4)[C@@H](C)[C@@H](c4ccc(CO)cc4)O3)cc2)cc1. The molecule has 1 amide bonds. The quantitative estimate of drug-likeness (QED) is 0.0850. The van der Waals surface area contributed by atoms with Gasteiger partial charge in [-0.1, -0.05) is 164 Å². The van der Waals surface area contributed by atoms with Gasteiger partial charge in [0, 0.05) is 37.7 Å². The average molecular weight is 824 g/mol. The first-order valence-electron chi connectivity index (χ1n) is 20.4. The van der Waals surface area contributed by atoms with E-state index < -0.39 is 28.3 Å². The molecular formula is C50H53N3O6S.